The summed E-state index contributed by atoms with van der Waals surface area (Å²) in [5.41, 5.74) is 4.44. The van der Waals surface area contributed by atoms with Gasteiger partial charge in [-0.2, -0.15) is 5.26 Å². The van der Waals surface area contributed by atoms with Gasteiger partial charge in [0.25, 0.3) is 0 Å². The Kier molecular flexibility index (Phi) is 7.92. The lowest BCUT2D eigenvalue weighted by atomic mass is 9.94. The molecule has 0 bridgehead atoms. The molecule has 2 aliphatic rings. The van der Waals surface area contributed by atoms with Gasteiger partial charge in [-0.25, -0.2) is 9.78 Å². The van der Waals surface area contributed by atoms with Crippen molar-refractivity contribution in [1.82, 2.24) is 15.2 Å². The van der Waals surface area contributed by atoms with E-state index in [-0.39, 0.29) is 24.6 Å². The van der Waals surface area contributed by atoms with Gasteiger partial charge in [0.05, 0.1) is 23.9 Å². The average Bonchev–Trinajstić information content (AvgIpc) is 3.72. The number of urea groups is 1. The first-order valence-electron chi connectivity index (χ1n) is 12.9. The van der Waals surface area contributed by atoms with Crippen molar-refractivity contribution >= 4 is 11.8 Å². The summed E-state index contributed by atoms with van der Waals surface area (Å²) in [5, 5.41) is 23.4. The smallest absolute Gasteiger partial charge is 0.318 e. The van der Waals surface area contributed by atoms with Crippen LogP contribution in [0.4, 0.5) is 10.6 Å². The molecule has 1 atom stereocenters. The van der Waals surface area contributed by atoms with Crippen LogP contribution in [0.2, 0.25) is 0 Å². The second kappa shape index (κ2) is 11.1. The van der Waals surface area contributed by atoms with Gasteiger partial charge in [-0.15, -0.1) is 0 Å². The molecule has 0 spiro atoms. The van der Waals surface area contributed by atoms with Crippen LogP contribution in [0, 0.1) is 17.2 Å². The maximum absolute atomic E-state index is 13.1. The van der Waals surface area contributed by atoms with Gasteiger partial charge in [-0.1, -0.05) is 57.5 Å². The second-order valence-electron chi connectivity index (χ2n) is 10.0. The number of nitrogens with zero attached hydrogens (tertiary/aromatic N) is 4. The summed E-state index contributed by atoms with van der Waals surface area (Å²) in [6, 6.07) is 12.3. The molecule has 2 N–H and O–H groups in total. The van der Waals surface area contributed by atoms with E-state index in [1.54, 1.807) is 0 Å². The highest BCUT2D eigenvalue weighted by atomic mass is 16.3. The number of hydrogen-bond donors (Lipinski definition) is 2. The zero-order valence-corrected chi connectivity index (χ0v) is 21.1. The van der Waals surface area contributed by atoms with Crippen molar-refractivity contribution < 1.29 is 9.90 Å². The number of pyridine rings is 1. The van der Waals surface area contributed by atoms with Crippen molar-refractivity contribution in [2.75, 3.05) is 24.5 Å². The molecule has 0 radical (unpaired) electrons. The monoisotopic (exact) mass is 475 g/mol. The Labute approximate surface area is 208 Å². The predicted molar refractivity (Wildman–Crippen MR) is 137 cm³/mol. The maximum atomic E-state index is 13.1. The van der Waals surface area contributed by atoms with Gasteiger partial charge in [0.2, 0.25) is 0 Å². The number of amides is 2. The zero-order valence-electron chi connectivity index (χ0n) is 21.1. The predicted octanol–water partition coefficient (Wildman–Crippen LogP) is 4.33. The van der Waals surface area contributed by atoms with Crippen molar-refractivity contribution in [3.05, 3.63) is 58.3 Å². The fourth-order valence-electron chi connectivity index (χ4n) is 5.12. The molecule has 2 heterocycles. The largest absolute Gasteiger partial charge is 0.392 e. The number of rotatable bonds is 8. The minimum atomic E-state index is -0.0763. The van der Waals surface area contributed by atoms with Crippen LogP contribution in [-0.2, 0) is 19.6 Å². The molecule has 1 saturated heterocycles. The fourth-order valence-corrected chi connectivity index (χ4v) is 5.12. The summed E-state index contributed by atoms with van der Waals surface area (Å²) in [6.07, 6.45) is 3.82. The lowest BCUT2D eigenvalue weighted by Crippen LogP contribution is -2.59. The average molecular weight is 476 g/mol. The van der Waals surface area contributed by atoms with E-state index in [4.69, 9.17) is 4.98 Å². The summed E-state index contributed by atoms with van der Waals surface area (Å²) >= 11 is 0. The van der Waals surface area contributed by atoms with Gasteiger partial charge in [0, 0.05) is 37.7 Å². The van der Waals surface area contributed by atoms with Crippen LogP contribution in [-0.4, -0.2) is 46.7 Å². The number of aliphatic hydroxyl groups is 1. The molecule has 2 fully saturated rings. The standard InChI is InChI=1S/C28H37N5O2/c1-4-8-22-23(15-29)27(31-26(21-11-12-21)24(22)18-34)32-13-14-33(25(17-32)19(2)3)28(35)30-16-20-9-6-5-7-10-20/h5-7,9-10,19,21,25,34H,4,8,11-14,16-18H2,1-3H3,(H,30,35)/t25-/m0/s1. The van der Waals surface area contributed by atoms with Crippen molar-refractivity contribution in [3.63, 3.8) is 0 Å². The summed E-state index contributed by atoms with van der Waals surface area (Å²) in [4.78, 5) is 22.3. The van der Waals surface area contributed by atoms with Crippen molar-refractivity contribution in [2.24, 2.45) is 5.92 Å². The third-order valence-electron chi connectivity index (χ3n) is 7.19. The van der Waals surface area contributed by atoms with E-state index in [0.717, 1.165) is 53.9 Å². The van der Waals surface area contributed by atoms with Gasteiger partial charge in [0.1, 0.15) is 11.9 Å². The lowest BCUT2D eigenvalue weighted by molar-refractivity contribution is 0.144. The summed E-state index contributed by atoms with van der Waals surface area (Å²) in [6.45, 7) is 8.62. The van der Waals surface area contributed by atoms with Crippen LogP contribution in [0.25, 0.3) is 0 Å². The Morgan fingerprint density at radius 1 is 1.23 bits per heavy atom. The number of benzene rings is 1. The van der Waals surface area contributed by atoms with E-state index in [2.05, 4.69) is 37.1 Å². The van der Waals surface area contributed by atoms with Gasteiger partial charge in [0.15, 0.2) is 0 Å². The minimum Gasteiger partial charge on any atom is -0.392 e. The molecule has 186 valence electrons. The Balaban J connectivity index is 1.59. The SMILES string of the molecule is CCCc1c(C#N)c(N2CCN(C(=O)NCc3ccccc3)[C@H](C(C)C)C2)nc(C2CC2)c1CO. The number of nitriles is 1. The van der Waals surface area contributed by atoms with Gasteiger partial charge in [-0.05, 0) is 36.3 Å². The van der Waals surface area contributed by atoms with Crippen LogP contribution in [0.1, 0.15) is 73.9 Å². The Morgan fingerprint density at radius 3 is 2.57 bits per heavy atom. The third-order valence-corrected chi connectivity index (χ3v) is 7.19. The molecule has 1 aliphatic carbocycles. The summed E-state index contributed by atoms with van der Waals surface area (Å²) in [7, 11) is 0. The van der Waals surface area contributed by atoms with E-state index < -0.39 is 0 Å². The van der Waals surface area contributed by atoms with E-state index in [1.165, 1.54) is 0 Å². The number of anilines is 1. The van der Waals surface area contributed by atoms with E-state index in [1.807, 2.05) is 35.2 Å². The second-order valence-corrected chi connectivity index (χ2v) is 10.0. The van der Waals surface area contributed by atoms with Gasteiger partial charge in [-0.3, -0.25) is 0 Å². The molecule has 0 unspecified atom stereocenters. The molecule has 1 aromatic heterocycles. The maximum Gasteiger partial charge on any atom is 0.318 e. The molecular weight excluding hydrogens is 438 g/mol. The number of piperazine rings is 1. The van der Waals surface area contributed by atoms with E-state index in [9.17, 15) is 15.2 Å². The highest BCUT2D eigenvalue weighted by Gasteiger charge is 2.36. The molecule has 1 saturated carbocycles. The normalized spacial score (nSPS) is 18.0. The molecular formula is C28H37N5O2. The lowest BCUT2D eigenvalue weighted by Gasteiger charge is -2.44. The third kappa shape index (κ3) is 5.43. The number of carbonyl (C=O) groups excluding carboxylic acids is 1. The summed E-state index contributed by atoms with van der Waals surface area (Å²) < 4.78 is 0. The molecule has 2 aromatic rings. The van der Waals surface area contributed by atoms with E-state index in [0.29, 0.717) is 37.7 Å². The van der Waals surface area contributed by atoms with Crippen LogP contribution in [0.5, 0.6) is 0 Å². The first kappa shape index (κ1) is 25.0. The van der Waals surface area contributed by atoms with E-state index >= 15 is 0 Å². The number of aliphatic hydroxyl groups excluding tert-OH is 1. The molecule has 7 heteroatoms. The topological polar surface area (TPSA) is 92.5 Å². The quantitative estimate of drug-likeness (QED) is 0.593. The minimum absolute atomic E-state index is 0.00406. The van der Waals surface area contributed by atoms with Crippen LogP contribution >= 0.6 is 0 Å². The summed E-state index contributed by atoms with van der Waals surface area (Å²) in [5.74, 6) is 1.36. The Bertz CT molecular complexity index is 1070. The van der Waals surface area contributed by atoms with Crippen molar-refractivity contribution in [3.8, 4) is 6.07 Å². The number of nitrogens with one attached hydrogen (secondary N) is 1. The Hall–Kier alpha value is -3.11. The molecule has 4 rings (SSSR count). The molecule has 2 amide bonds. The fraction of sp³-hybridized carbons (Fsp3) is 0.536. The number of hydrogen-bond acceptors (Lipinski definition) is 5. The first-order chi connectivity index (χ1) is 17.0. The van der Waals surface area contributed by atoms with Crippen LogP contribution in [0.15, 0.2) is 30.3 Å². The van der Waals surface area contributed by atoms with Crippen LogP contribution in [0.3, 0.4) is 0 Å². The molecule has 35 heavy (non-hydrogen) atoms. The first-order valence-corrected chi connectivity index (χ1v) is 12.9. The van der Waals surface area contributed by atoms with Crippen molar-refractivity contribution in [1.29, 1.82) is 5.26 Å². The number of aromatic nitrogens is 1. The van der Waals surface area contributed by atoms with Gasteiger partial charge < -0.3 is 20.2 Å². The highest BCUT2D eigenvalue weighted by molar-refractivity contribution is 5.75. The zero-order chi connectivity index (χ0) is 24.9. The number of carbonyl (C=O) groups is 1. The van der Waals surface area contributed by atoms with Crippen molar-refractivity contribution in [2.45, 2.75) is 71.6 Å². The van der Waals surface area contributed by atoms with Gasteiger partial charge >= 0.3 is 6.03 Å². The molecule has 1 aromatic carbocycles. The molecule has 1 aliphatic heterocycles. The Morgan fingerprint density at radius 2 is 1.97 bits per heavy atom. The van der Waals surface area contributed by atoms with Crippen LogP contribution < -0.4 is 10.2 Å². The highest BCUT2D eigenvalue weighted by Crippen LogP contribution is 2.43. The molecule has 7 nitrogen and oxygen atoms in total.